The van der Waals surface area contributed by atoms with Crippen molar-refractivity contribution < 1.29 is 9.21 Å². The maximum absolute atomic E-state index is 12.3. The Labute approximate surface area is 147 Å². The molecular weight excluding hydrogens is 346 g/mol. The van der Waals surface area contributed by atoms with Crippen LogP contribution in [0.4, 0.5) is 5.13 Å². The van der Waals surface area contributed by atoms with Crippen LogP contribution in [0.15, 0.2) is 33.3 Å². The maximum Gasteiger partial charge on any atom is 0.239 e. The fraction of sp³-hybridized carbons (Fsp3) is 0.333. The number of aromatic nitrogens is 4. The molecule has 3 heterocycles. The van der Waals surface area contributed by atoms with Crippen molar-refractivity contribution in [2.45, 2.75) is 37.7 Å². The van der Waals surface area contributed by atoms with Crippen molar-refractivity contribution in [1.82, 2.24) is 19.7 Å². The van der Waals surface area contributed by atoms with Crippen molar-refractivity contribution in [3.05, 3.63) is 29.5 Å². The van der Waals surface area contributed by atoms with Crippen LogP contribution in [-0.2, 0) is 11.3 Å². The molecular formula is C15H17N5O2S2. The van der Waals surface area contributed by atoms with Crippen molar-refractivity contribution in [2.24, 2.45) is 0 Å². The minimum Gasteiger partial charge on any atom is -0.461 e. The fourth-order valence-corrected chi connectivity index (χ4v) is 3.68. The predicted octanol–water partition coefficient (Wildman–Crippen LogP) is 3.44. The second kappa shape index (κ2) is 7.18. The Kier molecular flexibility index (Phi) is 5.00. The third kappa shape index (κ3) is 3.51. The van der Waals surface area contributed by atoms with Crippen molar-refractivity contribution in [3.63, 3.8) is 0 Å². The molecule has 1 amide bonds. The summed E-state index contributed by atoms with van der Waals surface area (Å²) in [4.78, 5) is 16.6. The Balaban J connectivity index is 1.72. The summed E-state index contributed by atoms with van der Waals surface area (Å²) in [7, 11) is 0. The van der Waals surface area contributed by atoms with Crippen LogP contribution >= 0.6 is 23.1 Å². The van der Waals surface area contributed by atoms with E-state index in [0.29, 0.717) is 28.4 Å². The van der Waals surface area contributed by atoms with Crippen molar-refractivity contribution in [2.75, 3.05) is 5.32 Å². The van der Waals surface area contributed by atoms with Crippen LogP contribution in [-0.4, -0.2) is 30.9 Å². The number of rotatable bonds is 6. The molecule has 0 aliphatic carbocycles. The number of nitrogens with one attached hydrogen (secondary N) is 1. The first-order valence-corrected chi connectivity index (χ1v) is 9.21. The first-order chi connectivity index (χ1) is 11.6. The van der Waals surface area contributed by atoms with Gasteiger partial charge in [0.25, 0.3) is 0 Å². The van der Waals surface area contributed by atoms with E-state index in [-0.39, 0.29) is 11.2 Å². The third-order valence-electron chi connectivity index (χ3n) is 3.28. The molecule has 126 valence electrons. The fourth-order valence-electron chi connectivity index (χ4n) is 2.08. The van der Waals surface area contributed by atoms with Gasteiger partial charge in [0.05, 0.1) is 17.2 Å². The van der Waals surface area contributed by atoms with E-state index in [1.807, 2.05) is 42.9 Å². The lowest BCUT2D eigenvalue weighted by Crippen LogP contribution is -2.22. The van der Waals surface area contributed by atoms with Crippen LogP contribution in [0.2, 0.25) is 0 Å². The first kappa shape index (κ1) is 16.7. The van der Waals surface area contributed by atoms with Gasteiger partial charge in [-0.3, -0.25) is 9.36 Å². The Hall–Kier alpha value is -2.13. The van der Waals surface area contributed by atoms with Gasteiger partial charge in [0.15, 0.2) is 21.9 Å². The van der Waals surface area contributed by atoms with E-state index < -0.39 is 0 Å². The van der Waals surface area contributed by atoms with Gasteiger partial charge in [-0.25, -0.2) is 4.98 Å². The summed E-state index contributed by atoms with van der Waals surface area (Å²) < 4.78 is 7.32. The number of carbonyl (C=O) groups excluding carboxylic acids is 1. The quantitative estimate of drug-likeness (QED) is 0.675. The highest BCUT2D eigenvalue weighted by atomic mass is 32.2. The monoisotopic (exact) mass is 363 g/mol. The largest absolute Gasteiger partial charge is 0.461 e. The number of hydrogen-bond acceptors (Lipinski definition) is 7. The van der Waals surface area contributed by atoms with Gasteiger partial charge < -0.3 is 9.73 Å². The van der Waals surface area contributed by atoms with E-state index in [4.69, 9.17) is 4.42 Å². The molecule has 0 aliphatic rings. The lowest BCUT2D eigenvalue weighted by atomic mass is 10.4. The number of aryl methyl sites for hydroxylation is 1. The van der Waals surface area contributed by atoms with Gasteiger partial charge >= 0.3 is 0 Å². The molecule has 0 radical (unpaired) electrons. The van der Waals surface area contributed by atoms with E-state index in [9.17, 15) is 4.79 Å². The molecule has 0 aromatic carbocycles. The van der Waals surface area contributed by atoms with E-state index in [1.165, 1.54) is 23.1 Å². The second-order valence-electron chi connectivity index (χ2n) is 5.07. The van der Waals surface area contributed by atoms with Crippen molar-refractivity contribution in [3.8, 4) is 11.6 Å². The van der Waals surface area contributed by atoms with Gasteiger partial charge in [-0.05, 0) is 32.9 Å². The van der Waals surface area contributed by atoms with Gasteiger partial charge in [0.1, 0.15) is 0 Å². The number of hydrogen-bond donors (Lipinski definition) is 1. The average molecular weight is 363 g/mol. The van der Waals surface area contributed by atoms with E-state index in [2.05, 4.69) is 20.5 Å². The summed E-state index contributed by atoms with van der Waals surface area (Å²) in [6.45, 7) is 6.42. The van der Waals surface area contributed by atoms with Crippen LogP contribution in [0.25, 0.3) is 11.6 Å². The molecule has 3 aromatic rings. The van der Waals surface area contributed by atoms with Gasteiger partial charge in [-0.1, -0.05) is 11.8 Å². The molecule has 0 spiro atoms. The van der Waals surface area contributed by atoms with Crippen LogP contribution in [0, 0.1) is 6.92 Å². The SMILES string of the molecule is CCn1c(S[C@@H](C)C(=O)Nc2nc(C)cs2)nnc1-c1ccco1. The van der Waals surface area contributed by atoms with Gasteiger partial charge in [-0.2, -0.15) is 0 Å². The Bertz CT molecular complexity index is 825. The number of anilines is 1. The zero-order chi connectivity index (χ0) is 17.1. The van der Waals surface area contributed by atoms with E-state index in [0.717, 1.165) is 5.69 Å². The van der Waals surface area contributed by atoms with Gasteiger partial charge in [0, 0.05) is 11.9 Å². The second-order valence-corrected chi connectivity index (χ2v) is 7.24. The highest BCUT2D eigenvalue weighted by Crippen LogP contribution is 2.27. The number of thiazole rings is 1. The average Bonchev–Trinajstić information content (AvgIpc) is 3.27. The third-order valence-corrected chi connectivity index (χ3v) is 5.23. The minimum absolute atomic E-state index is 0.112. The minimum atomic E-state index is -0.326. The van der Waals surface area contributed by atoms with Crippen molar-refractivity contribution in [1.29, 1.82) is 0 Å². The summed E-state index contributed by atoms with van der Waals surface area (Å²) in [5.41, 5.74) is 0.893. The van der Waals surface area contributed by atoms with E-state index in [1.54, 1.807) is 6.26 Å². The van der Waals surface area contributed by atoms with Crippen LogP contribution < -0.4 is 5.32 Å². The molecule has 0 saturated heterocycles. The zero-order valence-electron chi connectivity index (χ0n) is 13.5. The highest BCUT2D eigenvalue weighted by Gasteiger charge is 2.21. The number of carbonyl (C=O) groups is 1. The lowest BCUT2D eigenvalue weighted by Gasteiger charge is -2.11. The summed E-state index contributed by atoms with van der Waals surface area (Å²) in [5, 5.41) is 14.1. The molecule has 0 aliphatic heterocycles. The molecule has 9 heteroatoms. The molecule has 1 atom stereocenters. The number of thioether (sulfide) groups is 1. The Morgan fingerprint density at radius 3 is 2.96 bits per heavy atom. The molecule has 0 fully saturated rings. The summed E-state index contributed by atoms with van der Waals surface area (Å²) in [6, 6.07) is 3.65. The van der Waals surface area contributed by atoms with Crippen LogP contribution in [0.1, 0.15) is 19.5 Å². The summed E-state index contributed by atoms with van der Waals surface area (Å²) in [6.07, 6.45) is 1.60. The summed E-state index contributed by atoms with van der Waals surface area (Å²) >= 11 is 2.77. The molecule has 3 rings (SSSR count). The van der Waals surface area contributed by atoms with Crippen molar-refractivity contribution >= 4 is 34.1 Å². The number of nitrogens with zero attached hydrogens (tertiary/aromatic N) is 4. The molecule has 0 saturated carbocycles. The molecule has 0 bridgehead atoms. The van der Waals surface area contributed by atoms with E-state index >= 15 is 0 Å². The number of amides is 1. The molecule has 1 N–H and O–H groups in total. The highest BCUT2D eigenvalue weighted by molar-refractivity contribution is 8.00. The first-order valence-electron chi connectivity index (χ1n) is 7.45. The normalized spacial score (nSPS) is 12.3. The van der Waals surface area contributed by atoms with Gasteiger partial charge in [-0.15, -0.1) is 21.5 Å². The predicted molar refractivity (Wildman–Crippen MR) is 94.2 cm³/mol. The number of furan rings is 1. The Morgan fingerprint density at radius 2 is 2.33 bits per heavy atom. The standard InChI is InChI=1S/C15H17N5O2S2/c1-4-20-12(11-6-5-7-22-11)18-19-15(20)24-10(3)13(21)17-14-16-9(2)8-23-14/h5-8,10H,4H2,1-3H3,(H,16,17,21)/t10-/m0/s1. The molecule has 24 heavy (non-hydrogen) atoms. The Morgan fingerprint density at radius 1 is 1.50 bits per heavy atom. The lowest BCUT2D eigenvalue weighted by molar-refractivity contribution is -0.115. The maximum atomic E-state index is 12.3. The zero-order valence-corrected chi connectivity index (χ0v) is 15.1. The topological polar surface area (TPSA) is 85.8 Å². The molecule has 7 nitrogen and oxygen atoms in total. The van der Waals surface area contributed by atoms with Crippen LogP contribution in [0.5, 0.6) is 0 Å². The van der Waals surface area contributed by atoms with Gasteiger partial charge in [0.2, 0.25) is 5.91 Å². The molecule has 0 unspecified atom stereocenters. The van der Waals surface area contributed by atoms with Crippen LogP contribution in [0.3, 0.4) is 0 Å². The smallest absolute Gasteiger partial charge is 0.239 e. The summed E-state index contributed by atoms with van der Waals surface area (Å²) in [5.74, 6) is 1.21. The molecule has 3 aromatic heterocycles.